The monoisotopic (exact) mass is 457 g/mol. The Balaban J connectivity index is 1.81. The van der Waals surface area contributed by atoms with Gasteiger partial charge in [0.15, 0.2) is 11.6 Å². The molecule has 1 amide bonds. The average molecular weight is 458 g/mol. The van der Waals surface area contributed by atoms with E-state index in [-0.39, 0.29) is 30.3 Å². The fraction of sp³-hybridized carbons (Fsp3) is 0.458. The molecule has 0 spiro atoms. The first-order valence-electron chi connectivity index (χ1n) is 10.5. The summed E-state index contributed by atoms with van der Waals surface area (Å²) in [7, 11) is 1.56. The van der Waals surface area contributed by atoms with Gasteiger partial charge in [-0.05, 0) is 56.5 Å². The highest BCUT2D eigenvalue weighted by atomic mass is 35.5. The molecule has 3 rings (SSSR count). The second kappa shape index (κ2) is 9.46. The maximum absolute atomic E-state index is 13.2. The molecule has 1 aliphatic carbocycles. The highest BCUT2D eigenvalue weighted by molar-refractivity contribution is 6.30. The number of amides is 1. The second-order valence-corrected chi connectivity index (χ2v) is 9.46. The number of hydrogen-bond donors (Lipinski definition) is 1. The fourth-order valence-corrected chi connectivity index (χ4v) is 4.50. The Kier molecular flexibility index (Phi) is 7.10. The van der Waals surface area contributed by atoms with Crippen molar-refractivity contribution in [2.75, 3.05) is 13.7 Å². The summed E-state index contributed by atoms with van der Waals surface area (Å²) < 4.78 is 5.11. The zero-order valence-corrected chi connectivity index (χ0v) is 19.7. The third-order valence-corrected chi connectivity index (χ3v) is 5.83. The molecule has 8 heteroatoms. The van der Waals surface area contributed by atoms with Crippen molar-refractivity contribution in [3.05, 3.63) is 46.2 Å². The van der Waals surface area contributed by atoms with Gasteiger partial charge in [-0.1, -0.05) is 11.6 Å². The summed E-state index contributed by atoms with van der Waals surface area (Å²) in [5.74, 6) is -1.56. The van der Waals surface area contributed by atoms with Crippen LogP contribution in [0.1, 0.15) is 49.3 Å². The quantitative estimate of drug-likeness (QED) is 0.638. The van der Waals surface area contributed by atoms with Crippen LogP contribution in [-0.4, -0.2) is 46.7 Å². The number of carbonyl (C=O) groups excluding carboxylic acids is 3. The molecule has 1 fully saturated rings. The molecule has 0 bridgehead atoms. The first-order chi connectivity index (χ1) is 15.0. The van der Waals surface area contributed by atoms with Crippen LogP contribution in [0.15, 0.2) is 24.5 Å². The Morgan fingerprint density at radius 1 is 1.19 bits per heavy atom. The molecule has 2 unspecified atom stereocenters. The minimum absolute atomic E-state index is 0.0109. The van der Waals surface area contributed by atoms with E-state index in [1.165, 1.54) is 12.4 Å². The number of rotatable bonds is 7. The number of ketones is 2. The number of aromatic nitrogens is 2. The van der Waals surface area contributed by atoms with Crippen LogP contribution in [-0.2, 0) is 19.1 Å². The average Bonchev–Trinajstić information content (AvgIpc) is 2.95. The molecule has 7 nitrogen and oxygen atoms in total. The molecular weight excluding hydrogens is 430 g/mol. The summed E-state index contributed by atoms with van der Waals surface area (Å²) in [5, 5.41) is 3.32. The van der Waals surface area contributed by atoms with Gasteiger partial charge >= 0.3 is 0 Å². The van der Waals surface area contributed by atoms with Crippen molar-refractivity contribution < 1.29 is 19.1 Å². The summed E-state index contributed by atoms with van der Waals surface area (Å²) in [4.78, 5) is 47.0. The number of aryl methyl sites for hydroxylation is 2. The fourth-order valence-electron chi connectivity index (χ4n) is 4.40. The van der Waals surface area contributed by atoms with Gasteiger partial charge in [0, 0.05) is 43.8 Å². The highest BCUT2D eigenvalue weighted by Gasteiger charge is 2.44. The van der Waals surface area contributed by atoms with Gasteiger partial charge in [-0.15, -0.1) is 0 Å². The van der Waals surface area contributed by atoms with E-state index in [2.05, 4.69) is 15.3 Å². The molecule has 1 aliphatic rings. The van der Waals surface area contributed by atoms with Crippen molar-refractivity contribution in [1.82, 2.24) is 15.3 Å². The zero-order chi connectivity index (χ0) is 23.6. The van der Waals surface area contributed by atoms with Gasteiger partial charge in [0.05, 0.1) is 17.2 Å². The van der Waals surface area contributed by atoms with Crippen molar-refractivity contribution in [3.63, 3.8) is 0 Å². The van der Waals surface area contributed by atoms with Crippen LogP contribution in [0.4, 0.5) is 0 Å². The van der Waals surface area contributed by atoms with Gasteiger partial charge in [-0.3, -0.25) is 14.4 Å². The maximum Gasteiger partial charge on any atom is 0.221 e. The van der Waals surface area contributed by atoms with Crippen LogP contribution in [0.2, 0.25) is 5.02 Å². The van der Waals surface area contributed by atoms with Gasteiger partial charge in [0.25, 0.3) is 0 Å². The van der Waals surface area contributed by atoms with E-state index in [4.69, 9.17) is 16.3 Å². The van der Waals surface area contributed by atoms with Gasteiger partial charge in [-0.25, -0.2) is 9.97 Å². The van der Waals surface area contributed by atoms with E-state index in [1.807, 2.05) is 39.8 Å². The molecule has 0 aliphatic heterocycles. The Morgan fingerprint density at radius 3 is 2.34 bits per heavy atom. The molecule has 2 aromatic rings. The molecule has 32 heavy (non-hydrogen) atoms. The lowest BCUT2D eigenvalue weighted by atomic mass is 9.86. The molecule has 0 saturated heterocycles. The van der Waals surface area contributed by atoms with Crippen molar-refractivity contribution in [2.24, 2.45) is 5.92 Å². The normalized spacial score (nSPS) is 18.8. The second-order valence-electron chi connectivity index (χ2n) is 9.02. The minimum atomic E-state index is -0.847. The Morgan fingerprint density at radius 2 is 1.78 bits per heavy atom. The first-order valence-corrected chi connectivity index (χ1v) is 10.9. The van der Waals surface area contributed by atoms with E-state index < -0.39 is 17.4 Å². The SMILES string of the molecule is COCC(C)(C)NC(=O)CC1CC(=O)C(c2c(C)cc(-c3ncc(Cl)cn3)cc2C)C1=O. The lowest BCUT2D eigenvalue weighted by Crippen LogP contribution is -2.47. The molecule has 0 radical (unpaired) electrons. The summed E-state index contributed by atoms with van der Waals surface area (Å²) in [6.45, 7) is 7.78. The maximum atomic E-state index is 13.2. The number of carbonyl (C=O) groups is 3. The number of halogens is 1. The number of benzene rings is 1. The van der Waals surface area contributed by atoms with Crippen molar-refractivity contribution in [3.8, 4) is 11.4 Å². The van der Waals surface area contributed by atoms with Gasteiger partial charge < -0.3 is 10.1 Å². The minimum Gasteiger partial charge on any atom is -0.382 e. The van der Waals surface area contributed by atoms with Crippen LogP contribution in [0, 0.1) is 19.8 Å². The summed E-state index contributed by atoms with van der Waals surface area (Å²) in [5.41, 5.74) is 2.58. The van der Waals surface area contributed by atoms with Crippen molar-refractivity contribution in [1.29, 1.82) is 0 Å². The van der Waals surface area contributed by atoms with Crippen LogP contribution < -0.4 is 5.32 Å². The highest BCUT2D eigenvalue weighted by Crippen LogP contribution is 2.38. The molecule has 1 saturated carbocycles. The molecule has 1 N–H and O–H groups in total. The number of Topliss-reactive ketones (excluding diaryl/α,β-unsaturated/α-hetero) is 2. The number of nitrogens with zero attached hydrogens (tertiary/aromatic N) is 2. The first kappa shape index (κ1) is 24.0. The molecule has 1 heterocycles. The number of hydrogen-bond acceptors (Lipinski definition) is 6. The molecule has 170 valence electrons. The predicted molar refractivity (Wildman–Crippen MR) is 122 cm³/mol. The lowest BCUT2D eigenvalue weighted by Gasteiger charge is -2.25. The molecule has 1 aromatic heterocycles. The summed E-state index contributed by atoms with van der Waals surface area (Å²) in [6, 6.07) is 3.75. The molecule has 1 aromatic carbocycles. The third kappa shape index (κ3) is 5.22. The summed E-state index contributed by atoms with van der Waals surface area (Å²) in [6.07, 6.45) is 3.11. The third-order valence-electron chi connectivity index (χ3n) is 5.63. The van der Waals surface area contributed by atoms with Crippen LogP contribution in [0.25, 0.3) is 11.4 Å². The number of ether oxygens (including phenoxy) is 1. The predicted octanol–water partition coefficient (Wildman–Crippen LogP) is 3.59. The number of methoxy groups -OCH3 is 1. The standard InChI is InChI=1S/C24H28ClN3O4/c1-13-6-16(23-26-10-17(25)11-27-23)7-14(2)20(13)21-18(29)8-15(22(21)31)9-19(30)28-24(3,4)12-32-5/h6-7,10-11,15,21H,8-9,12H2,1-5H3,(H,28,30). The zero-order valence-electron chi connectivity index (χ0n) is 19.0. The van der Waals surface area contributed by atoms with E-state index in [1.54, 1.807) is 7.11 Å². The smallest absolute Gasteiger partial charge is 0.221 e. The van der Waals surface area contributed by atoms with Crippen LogP contribution in [0.5, 0.6) is 0 Å². The Hall–Kier alpha value is -2.64. The van der Waals surface area contributed by atoms with Gasteiger partial charge in [0.1, 0.15) is 11.7 Å². The molecule has 2 atom stereocenters. The Labute approximate surface area is 192 Å². The number of nitrogens with one attached hydrogen (secondary N) is 1. The van der Waals surface area contributed by atoms with Crippen LogP contribution >= 0.6 is 11.6 Å². The summed E-state index contributed by atoms with van der Waals surface area (Å²) >= 11 is 5.87. The van der Waals surface area contributed by atoms with E-state index in [0.717, 1.165) is 16.7 Å². The lowest BCUT2D eigenvalue weighted by molar-refractivity contribution is -0.129. The van der Waals surface area contributed by atoms with E-state index >= 15 is 0 Å². The van der Waals surface area contributed by atoms with Crippen molar-refractivity contribution in [2.45, 2.75) is 52.0 Å². The van der Waals surface area contributed by atoms with Gasteiger partial charge in [-0.2, -0.15) is 0 Å². The van der Waals surface area contributed by atoms with E-state index in [0.29, 0.717) is 23.0 Å². The largest absolute Gasteiger partial charge is 0.382 e. The molecular formula is C24H28ClN3O4. The Bertz CT molecular complexity index is 1030. The van der Waals surface area contributed by atoms with E-state index in [9.17, 15) is 14.4 Å². The van der Waals surface area contributed by atoms with Gasteiger partial charge in [0.2, 0.25) is 5.91 Å². The van der Waals surface area contributed by atoms with Crippen molar-refractivity contribution >= 4 is 29.1 Å². The van der Waals surface area contributed by atoms with Crippen LogP contribution in [0.3, 0.4) is 0 Å². The topological polar surface area (TPSA) is 98.2 Å².